The molecule has 2 aliphatic carbocycles. The van der Waals surface area contributed by atoms with Gasteiger partial charge in [0.05, 0.1) is 11.6 Å². The normalized spacial score (nSPS) is 23.9. The van der Waals surface area contributed by atoms with Crippen molar-refractivity contribution in [1.29, 1.82) is 0 Å². The molecular formula is C22H18F5N3O2. The van der Waals surface area contributed by atoms with Crippen molar-refractivity contribution in [1.82, 2.24) is 9.97 Å². The van der Waals surface area contributed by atoms with E-state index in [1.165, 1.54) is 6.20 Å². The second-order valence-electron chi connectivity index (χ2n) is 8.62. The molecule has 0 saturated heterocycles. The van der Waals surface area contributed by atoms with E-state index in [9.17, 15) is 32.2 Å². The standard InChI is InChI=1S/C22H18F5N3O2/c1-10-28-8-13-15(29-10)6-11(23)7-16(13)30-19-12-2-3-14(24)18(31)17(12)20(4-5-20)9-21(19,32)22(25,26)27/h2-3,6-8,19,30-32H,4-5,9H2,1H3/t19-,21-/m0/s1. The topological polar surface area (TPSA) is 78.3 Å². The van der Waals surface area contributed by atoms with Crippen LogP contribution in [0.3, 0.4) is 0 Å². The molecule has 168 valence electrons. The van der Waals surface area contributed by atoms with E-state index in [1.54, 1.807) is 6.92 Å². The van der Waals surface area contributed by atoms with Crippen LogP contribution in [-0.2, 0) is 5.41 Å². The number of phenols is 1. The number of hydrogen-bond acceptors (Lipinski definition) is 5. The number of fused-ring (bicyclic) bond motifs is 3. The van der Waals surface area contributed by atoms with Gasteiger partial charge in [-0.05, 0) is 43.9 Å². The Morgan fingerprint density at radius 1 is 1.16 bits per heavy atom. The Morgan fingerprint density at radius 2 is 1.88 bits per heavy atom. The van der Waals surface area contributed by atoms with Gasteiger partial charge in [0.1, 0.15) is 11.6 Å². The van der Waals surface area contributed by atoms with Gasteiger partial charge in [-0.3, -0.25) is 0 Å². The number of nitrogens with zero attached hydrogens (tertiary/aromatic N) is 2. The van der Waals surface area contributed by atoms with Gasteiger partial charge in [-0.25, -0.2) is 18.7 Å². The maximum Gasteiger partial charge on any atom is 0.419 e. The fraction of sp³-hybridized carbons (Fsp3) is 0.364. The van der Waals surface area contributed by atoms with Crippen molar-refractivity contribution in [3.63, 3.8) is 0 Å². The van der Waals surface area contributed by atoms with E-state index in [0.29, 0.717) is 5.82 Å². The molecule has 1 spiro atoms. The van der Waals surface area contributed by atoms with Crippen molar-refractivity contribution in [3.05, 3.63) is 59.0 Å². The molecule has 2 aliphatic rings. The first kappa shape index (κ1) is 20.9. The Kier molecular flexibility index (Phi) is 4.24. The lowest BCUT2D eigenvalue weighted by atomic mass is 9.68. The zero-order valence-electron chi connectivity index (χ0n) is 16.8. The summed E-state index contributed by atoms with van der Waals surface area (Å²) in [5.74, 6) is -2.07. The minimum atomic E-state index is -5.06. The molecule has 32 heavy (non-hydrogen) atoms. The molecule has 0 radical (unpaired) electrons. The first-order valence-corrected chi connectivity index (χ1v) is 9.96. The number of alkyl halides is 3. The SMILES string of the molecule is Cc1ncc2c(N[C@H]3c4ccc(F)c(O)c4C4(CC4)C[C@@]3(O)C(F)(F)F)cc(F)cc2n1. The van der Waals surface area contributed by atoms with Gasteiger partial charge >= 0.3 is 6.18 Å². The second kappa shape index (κ2) is 6.50. The Labute approximate surface area is 178 Å². The number of hydrogen-bond donors (Lipinski definition) is 3. The summed E-state index contributed by atoms with van der Waals surface area (Å²) in [6, 6.07) is 2.27. The zero-order chi connectivity index (χ0) is 23.1. The third-order valence-electron chi connectivity index (χ3n) is 6.52. The molecule has 0 unspecified atom stereocenters. The summed E-state index contributed by atoms with van der Waals surface area (Å²) >= 11 is 0. The molecule has 3 N–H and O–H groups in total. The third-order valence-corrected chi connectivity index (χ3v) is 6.52. The highest BCUT2D eigenvalue weighted by Gasteiger charge is 2.68. The maximum atomic E-state index is 14.3. The molecule has 3 aromatic rings. The highest BCUT2D eigenvalue weighted by molar-refractivity contribution is 5.91. The van der Waals surface area contributed by atoms with Crippen molar-refractivity contribution in [2.24, 2.45) is 0 Å². The van der Waals surface area contributed by atoms with Gasteiger partial charge in [-0.2, -0.15) is 13.2 Å². The summed E-state index contributed by atoms with van der Waals surface area (Å²) in [5, 5.41) is 24.3. The number of aliphatic hydroxyl groups is 1. The van der Waals surface area contributed by atoms with Crippen LogP contribution in [-0.4, -0.2) is 32.0 Å². The second-order valence-corrected chi connectivity index (χ2v) is 8.62. The van der Waals surface area contributed by atoms with Crippen LogP contribution in [0.15, 0.2) is 30.5 Å². The van der Waals surface area contributed by atoms with Crippen LogP contribution in [0.25, 0.3) is 10.9 Å². The maximum absolute atomic E-state index is 14.3. The quantitative estimate of drug-likeness (QED) is 0.488. The molecular weight excluding hydrogens is 433 g/mol. The number of aromatic nitrogens is 2. The molecule has 10 heteroatoms. The number of aromatic hydroxyl groups is 1. The molecule has 1 saturated carbocycles. The Hall–Kier alpha value is -3.01. The van der Waals surface area contributed by atoms with Crippen molar-refractivity contribution in [2.75, 3.05) is 5.32 Å². The number of aryl methyl sites for hydroxylation is 1. The van der Waals surface area contributed by atoms with Gasteiger partial charge in [0, 0.05) is 34.3 Å². The van der Waals surface area contributed by atoms with Crippen LogP contribution in [0.1, 0.15) is 42.3 Å². The summed E-state index contributed by atoms with van der Waals surface area (Å²) in [5.41, 5.74) is -4.34. The minimum Gasteiger partial charge on any atom is -0.505 e. The van der Waals surface area contributed by atoms with Gasteiger partial charge in [0.25, 0.3) is 0 Å². The lowest BCUT2D eigenvalue weighted by Gasteiger charge is -2.46. The minimum absolute atomic E-state index is 0.0525. The predicted octanol–water partition coefficient (Wildman–Crippen LogP) is 4.80. The van der Waals surface area contributed by atoms with Crippen molar-refractivity contribution in [2.45, 2.75) is 49.4 Å². The first-order chi connectivity index (χ1) is 14.9. The highest BCUT2D eigenvalue weighted by Crippen LogP contribution is 2.65. The number of anilines is 1. The van der Waals surface area contributed by atoms with E-state index in [4.69, 9.17) is 0 Å². The summed E-state index contributed by atoms with van der Waals surface area (Å²) in [7, 11) is 0. The number of benzene rings is 2. The summed E-state index contributed by atoms with van der Waals surface area (Å²) in [6.07, 6.45) is -3.91. The van der Waals surface area contributed by atoms with Gasteiger partial charge < -0.3 is 15.5 Å². The molecule has 2 atom stereocenters. The highest BCUT2D eigenvalue weighted by atomic mass is 19.4. The average Bonchev–Trinajstić information content (AvgIpc) is 3.45. The van der Waals surface area contributed by atoms with Gasteiger partial charge in [0.2, 0.25) is 0 Å². The lowest BCUT2D eigenvalue weighted by Crippen LogP contribution is -2.57. The van der Waals surface area contributed by atoms with Crippen LogP contribution in [0.4, 0.5) is 27.6 Å². The molecule has 1 aromatic heterocycles. The van der Waals surface area contributed by atoms with Gasteiger partial charge in [-0.1, -0.05) is 6.07 Å². The van der Waals surface area contributed by atoms with Crippen LogP contribution in [0.2, 0.25) is 0 Å². The Balaban J connectivity index is 1.73. The van der Waals surface area contributed by atoms with Crippen LogP contribution in [0, 0.1) is 18.6 Å². The largest absolute Gasteiger partial charge is 0.505 e. The number of phenolic OH excluding ortho intramolecular Hbond substituents is 1. The molecule has 0 aliphatic heterocycles. The fourth-order valence-electron chi connectivity index (χ4n) is 4.85. The molecule has 1 heterocycles. The molecule has 2 aromatic carbocycles. The van der Waals surface area contributed by atoms with E-state index in [-0.39, 0.29) is 40.6 Å². The van der Waals surface area contributed by atoms with Gasteiger partial charge in [-0.15, -0.1) is 0 Å². The lowest BCUT2D eigenvalue weighted by molar-refractivity contribution is -0.274. The molecule has 5 rings (SSSR count). The predicted molar refractivity (Wildman–Crippen MR) is 105 cm³/mol. The molecule has 0 amide bonds. The summed E-state index contributed by atoms with van der Waals surface area (Å²) in [6.45, 7) is 1.59. The smallest absolute Gasteiger partial charge is 0.419 e. The fourth-order valence-corrected chi connectivity index (χ4v) is 4.85. The molecule has 1 fully saturated rings. The van der Waals surface area contributed by atoms with Crippen molar-refractivity contribution >= 4 is 16.6 Å². The van der Waals surface area contributed by atoms with E-state index < -0.39 is 47.0 Å². The average molecular weight is 451 g/mol. The summed E-state index contributed by atoms with van der Waals surface area (Å²) < 4.78 is 71.1. The Morgan fingerprint density at radius 3 is 2.53 bits per heavy atom. The van der Waals surface area contributed by atoms with Crippen molar-refractivity contribution in [3.8, 4) is 5.75 Å². The van der Waals surface area contributed by atoms with Crippen molar-refractivity contribution < 1.29 is 32.2 Å². The van der Waals surface area contributed by atoms with E-state index in [2.05, 4.69) is 15.3 Å². The van der Waals surface area contributed by atoms with Crippen LogP contribution >= 0.6 is 0 Å². The number of halogens is 5. The van der Waals surface area contributed by atoms with Crippen LogP contribution < -0.4 is 5.32 Å². The van der Waals surface area contributed by atoms with E-state index in [1.807, 2.05) is 0 Å². The molecule has 5 nitrogen and oxygen atoms in total. The Bertz CT molecular complexity index is 1250. The van der Waals surface area contributed by atoms with Gasteiger partial charge in [0.15, 0.2) is 17.2 Å². The molecule has 0 bridgehead atoms. The zero-order valence-corrected chi connectivity index (χ0v) is 16.8. The van der Waals surface area contributed by atoms with E-state index in [0.717, 1.165) is 24.3 Å². The number of rotatable bonds is 2. The third kappa shape index (κ3) is 2.92. The monoisotopic (exact) mass is 451 g/mol. The van der Waals surface area contributed by atoms with Crippen LogP contribution in [0.5, 0.6) is 5.75 Å². The first-order valence-electron chi connectivity index (χ1n) is 9.96. The van der Waals surface area contributed by atoms with E-state index >= 15 is 0 Å². The summed E-state index contributed by atoms with van der Waals surface area (Å²) in [4.78, 5) is 8.14. The number of nitrogens with one attached hydrogen (secondary N) is 1.